The van der Waals surface area contributed by atoms with Gasteiger partial charge in [-0.15, -0.1) is 11.3 Å². The van der Waals surface area contributed by atoms with Gasteiger partial charge in [0.25, 0.3) is 0 Å². The average Bonchev–Trinajstić information content (AvgIpc) is 2.80. The normalized spacial score (nSPS) is 14.0. The van der Waals surface area contributed by atoms with E-state index in [1.54, 1.807) is 18.4 Å². The van der Waals surface area contributed by atoms with Gasteiger partial charge in [0.1, 0.15) is 9.84 Å². The van der Waals surface area contributed by atoms with Crippen molar-refractivity contribution in [2.75, 3.05) is 25.6 Å². The lowest BCUT2D eigenvalue weighted by molar-refractivity contribution is 0.581. The molecule has 1 heterocycles. The lowest BCUT2D eigenvalue weighted by Crippen LogP contribution is -2.43. The number of sulfone groups is 1. The first-order valence-corrected chi connectivity index (χ1v) is 9.80. The molecule has 1 aromatic rings. The standard InChI is InChI=1S/C13H24N4O2S2/c1-10(6-8-21(4,18)19)16-13(14-3)15-7-5-12-9-20-11(2)17-12/h9-10H,5-8H2,1-4H3,(H2,14,15,16). The number of guanidine groups is 1. The number of aromatic nitrogens is 1. The fraction of sp³-hybridized carbons (Fsp3) is 0.692. The molecule has 0 spiro atoms. The van der Waals surface area contributed by atoms with Gasteiger partial charge in [0.15, 0.2) is 5.96 Å². The number of nitrogens with zero attached hydrogens (tertiary/aromatic N) is 2. The third-order valence-corrected chi connectivity index (χ3v) is 4.67. The molecule has 0 aliphatic carbocycles. The van der Waals surface area contributed by atoms with Gasteiger partial charge in [0.05, 0.1) is 16.5 Å². The number of aryl methyl sites for hydroxylation is 1. The van der Waals surface area contributed by atoms with Crippen molar-refractivity contribution in [1.82, 2.24) is 15.6 Å². The highest BCUT2D eigenvalue weighted by atomic mass is 32.2. The summed E-state index contributed by atoms with van der Waals surface area (Å²) in [7, 11) is -1.22. The minimum Gasteiger partial charge on any atom is -0.356 e. The first-order valence-electron chi connectivity index (χ1n) is 6.86. The van der Waals surface area contributed by atoms with E-state index >= 15 is 0 Å². The molecule has 0 bridgehead atoms. The largest absolute Gasteiger partial charge is 0.356 e. The monoisotopic (exact) mass is 332 g/mol. The van der Waals surface area contributed by atoms with Crippen LogP contribution in [0, 0.1) is 6.92 Å². The Hall–Kier alpha value is -1.15. The molecule has 120 valence electrons. The van der Waals surface area contributed by atoms with Crippen LogP contribution < -0.4 is 10.6 Å². The predicted molar refractivity (Wildman–Crippen MR) is 88.8 cm³/mol. The Bertz CT molecular complexity index is 566. The van der Waals surface area contributed by atoms with E-state index in [-0.39, 0.29) is 11.8 Å². The number of hydrogen-bond acceptors (Lipinski definition) is 5. The van der Waals surface area contributed by atoms with Crippen molar-refractivity contribution < 1.29 is 8.42 Å². The van der Waals surface area contributed by atoms with Crippen LogP contribution in [-0.2, 0) is 16.3 Å². The second-order valence-electron chi connectivity index (χ2n) is 5.07. The molecule has 0 saturated carbocycles. The third-order valence-electron chi connectivity index (χ3n) is 2.87. The Morgan fingerprint density at radius 1 is 1.52 bits per heavy atom. The van der Waals surface area contributed by atoms with E-state index in [1.807, 2.05) is 13.8 Å². The second-order valence-corrected chi connectivity index (χ2v) is 8.39. The van der Waals surface area contributed by atoms with E-state index in [9.17, 15) is 8.42 Å². The molecule has 0 radical (unpaired) electrons. The summed E-state index contributed by atoms with van der Waals surface area (Å²) in [6, 6.07) is 0.0486. The predicted octanol–water partition coefficient (Wildman–Crippen LogP) is 0.982. The van der Waals surface area contributed by atoms with Crippen molar-refractivity contribution in [3.05, 3.63) is 16.1 Å². The number of thiazole rings is 1. The van der Waals surface area contributed by atoms with E-state index in [2.05, 4.69) is 26.0 Å². The molecule has 0 aromatic carbocycles. The molecule has 0 aliphatic heterocycles. The summed E-state index contributed by atoms with van der Waals surface area (Å²) in [5, 5.41) is 9.53. The molecule has 1 rings (SSSR count). The number of hydrogen-bond donors (Lipinski definition) is 2. The van der Waals surface area contributed by atoms with Gasteiger partial charge < -0.3 is 10.6 Å². The molecule has 2 N–H and O–H groups in total. The summed E-state index contributed by atoms with van der Waals surface area (Å²) in [5.74, 6) is 0.860. The highest BCUT2D eigenvalue weighted by Gasteiger charge is 2.09. The maximum Gasteiger partial charge on any atom is 0.191 e. The Morgan fingerprint density at radius 2 is 2.24 bits per heavy atom. The van der Waals surface area contributed by atoms with Crippen LogP contribution in [0.2, 0.25) is 0 Å². The van der Waals surface area contributed by atoms with Crippen molar-refractivity contribution in [2.24, 2.45) is 4.99 Å². The fourth-order valence-electron chi connectivity index (χ4n) is 1.72. The third kappa shape index (κ3) is 8.01. The van der Waals surface area contributed by atoms with Gasteiger partial charge in [-0.25, -0.2) is 13.4 Å². The Labute approximate surface area is 131 Å². The van der Waals surface area contributed by atoms with Crippen molar-refractivity contribution in [3.8, 4) is 0 Å². The highest BCUT2D eigenvalue weighted by molar-refractivity contribution is 7.90. The summed E-state index contributed by atoms with van der Waals surface area (Å²) >= 11 is 1.65. The van der Waals surface area contributed by atoms with Crippen LogP contribution in [-0.4, -0.2) is 51.0 Å². The zero-order valence-electron chi connectivity index (χ0n) is 13.0. The van der Waals surface area contributed by atoms with E-state index in [4.69, 9.17) is 0 Å². The van der Waals surface area contributed by atoms with Crippen molar-refractivity contribution in [2.45, 2.75) is 32.7 Å². The molecule has 6 nitrogen and oxygen atoms in total. The molecule has 21 heavy (non-hydrogen) atoms. The maximum absolute atomic E-state index is 11.1. The summed E-state index contributed by atoms with van der Waals surface area (Å²) in [6.45, 7) is 4.68. The van der Waals surface area contributed by atoms with Gasteiger partial charge >= 0.3 is 0 Å². The topological polar surface area (TPSA) is 83.4 Å². The van der Waals surface area contributed by atoms with Gasteiger partial charge in [-0.1, -0.05) is 0 Å². The van der Waals surface area contributed by atoms with E-state index in [0.29, 0.717) is 12.4 Å². The summed E-state index contributed by atoms with van der Waals surface area (Å²) in [6.07, 6.45) is 2.65. The summed E-state index contributed by atoms with van der Waals surface area (Å²) in [5.41, 5.74) is 1.07. The average molecular weight is 332 g/mol. The van der Waals surface area contributed by atoms with Crippen molar-refractivity contribution in [1.29, 1.82) is 0 Å². The van der Waals surface area contributed by atoms with E-state index in [1.165, 1.54) is 6.26 Å². The van der Waals surface area contributed by atoms with Gasteiger partial charge in [-0.05, 0) is 20.3 Å². The first kappa shape index (κ1) is 17.9. The zero-order chi connectivity index (χ0) is 15.9. The van der Waals surface area contributed by atoms with E-state index < -0.39 is 9.84 Å². The summed E-state index contributed by atoms with van der Waals surface area (Å²) in [4.78, 5) is 8.54. The van der Waals surface area contributed by atoms with Crippen LogP contribution in [0.25, 0.3) is 0 Å². The molecule has 0 fully saturated rings. The van der Waals surface area contributed by atoms with E-state index in [0.717, 1.165) is 23.7 Å². The lowest BCUT2D eigenvalue weighted by atomic mass is 10.3. The van der Waals surface area contributed by atoms with Crippen LogP contribution in [0.15, 0.2) is 10.4 Å². The van der Waals surface area contributed by atoms with Gasteiger partial charge in [0.2, 0.25) is 0 Å². The molecule has 0 saturated heterocycles. The number of rotatable bonds is 7. The van der Waals surface area contributed by atoms with Crippen LogP contribution in [0.1, 0.15) is 24.0 Å². The van der Waals surface area contributed by atoms with Gasteiger partial charge in [-0.3, -0.25) is 4.99 Å². The molecular formula is C13H24N4O2S2. The van der Waals surface area contributed by atoms with Crippen LogP contribution in [0.3, 0.4) is 0 Å². The number of nitrogens with one attached hydrogen (secondary N) is 2. The molecular weight excluding hydrogens is 308 g/mol. The molecule has 1 atom stereocenters. The fourth-order valence-corrected chi connectivity index (χ4v) is 3.15. The quantitative estimate of drug-likeness (QED) is 0.574. The molecule has 1 aromatic heterocycles. The van der Waals surface area contributed by atoms with Crippen LogP contribution in [0.4, 0.5) is 0 Å². The number of aliphatic imine (C=N–C) groups is 1. The molecule has 0 amide bonds. The summed E-state index contributed by atoms with van der Waals surface area (Å²) < 4.78 is 22.3. The Kier molecular flexibility index (Phi) is 7.10. The zero-order valence-corrected chi connectivity index (χ0v) is 14.6. The second kappa shape index (κ2) is 8.33. The smallest absolute Gasteiger partial charge is 0.191 e. The Balaban J connectivity index is 2.31. The molecule has 0 aliphatic rings. The van der Waals surface area contributed by atoms with Crippen molar-refractivity contribution in [3.63, 3.8) is 0 Å². The van der Waals surface area contributed by atoms with Gasteiger partial charge in [-0.2, -0.15) is 0 Å². The first-order chi connectivity index (χ1) is 9.80. The lowest BCUT2D eigenvalue weighted by Gasteiger charge is -2.17. The highest BCUT2D eigenvalue weighted by Crippen LogP contribution is 2.07. The van der Waals surface area contributed by atoms with Gasteiger partial charge in [0, 0.05) is 37.7 Å². The minimum absolute atomic E-state index is 0.0486. The maximum atomic E-state index is 11.1. The SMILES string of the molecule is CN=C(NCCc1csc(C)n1)NC(C)CCS(C)(=O)=O. The molecule has 1 unspecified atom stereocenters. The van der Waals surface area contributed by atoms with Crippen LogP contribution >= 0.6 is 11.3 Å². The van der Waals surface area contributed by atoms with Crippen molar-refractivity contribution >= 4 is 27.1 Å². The molecule has 8 heteroatoms. The Morgan fingerprint density at radius 3 is 2.76 bits per heavy atom. The van der Waals surface area contributed by atoms with Crippen LogP contribution in [0.5, 0.6) is 0 Å². The minimum atomic E-state index is -2.92.